The molecule has 0 aromatic carbocycles. The third-order valence-electron chi connectivity index (χ3n) is 17.0. The molecule has 7 rings (SSSR count). The van der Waals surface area contributed by atoms with Gasteiger partial charge in [-0.15, -0.1) is 0 Å². The van der Waals surface area contributed by atoms with Crippen molar-refractivity contribution in [3.05, 3.63) is 0 Å². The quantitative estimate of drug-likeness (QED) is 0.0479. The molecule has 0 saturated carbocycles. The largest absolute Gasteiger partial charge is 0.477 e. The molecule has 490 valence electrons. The number of ether oxygens (including phenoxy) is 13. The molecule has 0 bridgehead atoms. The molecule has 7 aliphatic heterocycles. The molecular weight excluding hydrogens is 1150 g/mol. The third kappa shape index (κ3) is 14.2. The van der Waals surface area contributed by atoms with Crippen molar-refractivity contribution in [3.8, 4) is 0 Å². The van der Waals surface area contributed by atoms with Crippen molar-refractivity contribution >= 4 is 5.97 Å². The second-order valence-electron chi connectivity index (χ2n) is 22.5. The van der Waals surface area contributed by atoms with Crippen molar-refractivity contribution in [1.29, 1.82) is 0 Å². The van der Waals surface area contributed by atoms with Crippen molar-refractivity contribution in [3.63, 3.8) is 0 Å². The molecule has 0 aromatic rings. The molecular formula is C49H85NO34. The number of aliphatic hydroxyl groups is 19. The SMILES string of the molecule is C[C@@H]1OC(CO)[C@@H](O[C@@H]2OC(CO)[C@@H](O[C@@H]3OC(CO)[C@@H](O)C(O[C@H]4O[C@H](CO)[C@@H](O)C(O)C4O[C@@H]4OC(CO)[C@@H](O[C@@H]5OC(CO[C@]6(C(=O)O)C[C@@H](O)[C@@H](N)C(C(O)C(O)CO)O6)[C@H](O)C(O)[C@@H]5O)C(O)[C@@H]4C)[C@H]3O)C(O)[C@@H]2C)C(O)[C@@H]1C. The minimum Gasteiger partial charge on any atom is -0.477 e. The first kappa shape index (κ1) is 69.6. The van der Waals surface area contributed by atoms with Gasteiger partial charge >= 0.3 is 5.97 Å². The predicted octanol–water partition coefficient (Wildman–Crippen LogP) is -12.2. The highest BCUT2D eigenvalue weighted by atomic mass is 16.8. The standard InChI is InChI=1S/C49H85NO34/c1-13-16(4)73-21(9-54)37(26(13)59)79-43-14(2)27(60)39(23(11-56)76-43)81-46-36(69)41(32(65)20(8-53)74-46)82-47-42(34(67)30(63)19(7-52)75-47)83-44-15(3)28(61)38(22(10-55)77-44)80-45-35(68)33(66)31(64)24(78-45)12-72-49(48(70)71)5-17(57)25(50)40(84-49)29(62)18(58)6-51/h13-47,51-69H,5-12,50H2,1-4H3,(H,70,71)/t13-,14+,15+,16+,17-,18?,19-,20?,21?,22?,23?,24?,25-,26?,27?,28?,29?,30-,31+,32-,33?,34?,35+,36-,37-,38-,39-,40?,41?,42?,43+,44+,45+,46+,47-,49-/m1/s1. The molecule has 84 heavy (non-hydrogen) atoms. The zero-order chi connectivity index (χ0) is 62.1. The van der Waals surface area contributed by atoms with Crippen LogP contribution in [0.1, 0.15) is 34.1 Å². The maximum Gasteiger partial charge on any atom is 0.364 e. The van der Waals surface area contributed by atoms with Crippen molar-refractivity contribution in [2.45, 2.75) is 236 Å². The Kier molecular flexibility index (Phi) is 24.4. The first-order chi connectivity index (χ1) is 39.6. The van der Waals surface area contributed by atoms with Gasteiger partial charge in [-0.1, -0.05) is 20.8 Å². The van der Waals surface area contributed by atoms with Crippen LogP contribution in [-0.2, 0) is 66.4 Å². The fourth-order valence-corrected chi connectivity index (χ4v) is 11.3. The summed E-state index contributed by atoms with van der Waals surface area (Å²) in [4.78, 5) is 12.6. The van der Waals surface area contributed by atoms with Gasteiger partial charge in [-0.2, -0.15) is 0 Å². The van der Waals surface area contributed by atoms with Crippen molar-refractivity contribution < 1.29 is 169 Å². The highest BCUT2D eigenvalue weighted by molar-refractivity contribution is 5.76. The smallest absolute Gasteiger partial charge is 0.364 e. The van der Waals surface area contributed by atoms with Gasteiger partial charge in [0.25, 0.3) is 5.79 Å². The van der Waals surface area contributed by atoms with E-state index in [2.05, 4.69) is 0 Å². The Balaban J connectivity index is 1.04. The van der Waals surface area contributed by atoms with Gasteiger partial charge in [-0.3, -0.25) is 0 Å². The first-order valence-electron chi connectivity index (χ1n) is 27.6. The number of carbonyl (C=O) groups is 1. The molecule has 22 N–H and O–H groups in total. The van der Waals surface area contributed by atoms with E-state index in [1.807, 2.05) is 0 Å². The van der Waals surface area contributed by atoms with Gasteiger partial charge in [0.1, 0.15) is 128 Å². The van der Waals surface area contributed by atoms with Crippen molar-refractivity contribution in [2.24, 2.45) is 23.5 Å². The molecule has 7 fully saturated rings. The van der Waals surface area contributed by atoms with E-state index in [-0.39, 0.29) is 0 Å². The minimum absolute atomic E-state index is 0.451. The Morgan fingerprint density at radius 1 is 0.476 bits per heavy atom. The van der Waals surface area contributed by atoms with Crippen molar-refractivity contribution in [1.82, 2.24) is 0 Å². The molecule has 35 heteroatoms. The lowest BCUT2D eigenvalue weighted by Crippen LogP contribution is -2.68. The highest BCUT2D eigenvalue weighted by Gasteiger charge is 2.59. The fourth-order valence-electron chi connectivity index (χ4n) is 11.3. The summed E-state index contributed by atoms with van der Waals surface area (Å²) in [7, 11) is 0. The van der Waals surface area contributed by atoms with Gasteiger partial charge in [0, 0.05) is 24.2 Å². The van der Waals surface area contributed by atoms with Crippen LogP contribution >= 0.6 is 0 Å². The molecule has 36 atom stereocenters. The van der Waals surface area contributed by atoms with E-state index in [1.54, 1.807) is 13.8 Å². The lowest BCUT2D eigenvalue weighted by Gasteiger charge is -2.50. The van der Waals surface area contributed by atoms with E-state index >= 15 is 0 Å². The summed E-state index contributed by atoms with van der Waals surface area (Å²) in [5.74, 6) is -7.59. The number of hydrogen-bond acceptors (Lipinski definition) is 34. The van der Waals surface area contributed by atoms with Gasteiger partial charge in [0.05, 0.1) is 82.8 Å². The Morgan fingerprint density at radius 3 is 1.40 bits per heavy atom. The van der Waals surface area contributed by atoms with Crippen LogP contribution in [0, 0.1) is 17.8 Å². The normalized spacial score (nSPS) is 51.3. The fraction of sp³-hybridized carbons (Fsp3) is 0.980. The predicted molar refractivity (Wildman–Crippen MR) is 264 cm³/mol. The first-order valence-corrected chi connectivity index (χ1v) is 27.6. The number of carboxylic acids is 1. The van der Waals surface area contributed by atoms with Gasteiger partial charge in [-0.25, -0.2) is 4.79 Å². The summed E-state index contributed by atoms with van der Waals surface area (Å²) < 4.78 is 76.1. The lowest BCUT2D eigenvalue weighted by atomic mass is 9.88. The topological polar surface area (TPSA) is 568 Å². The summed E-state index contributed by atoms with van der Waals surface area (Å²) in [6.45, 7) is -0.209. The second-order valence-corrected chi connectivity index (χ2v) is 22.5. The summed E-state index contributed by atoms with van der Waals surface area (Å²) in [6.07, 6.45) is -54.9. The number of hydrogen-bond donors (Lipinski definition) is 21. The molecule has 7 heterocycles. The Morgan fingerprint density at radius 2 is 0.893 bits per heavy atom. The molecule has 0 amide bonds. The minimum atomic E-state index is -2.88. The van der Waals surface area contributed by atoms with Crippen LogP contribution < -0.4 is 5.73 Å². The summed E-state index contributed by atoms with van der Waals surface area (Å²) in [5, 5.41) is 216. The van der Waals surface area contributed by atoms with E-state index in [1.165, 1.54) is 13.8 Å². The van der Waals surface area contributed by atoms with Crippen LogP contribution in [0.3, 0.4) is 0 Å². The Labute approximate surface area is 479 Å². The van der Waals surface area contributed by atoms with Gasteiger partial charge in [-0.05, 0) is 6.92 Å². The van der Waals surface area contributed by atoms with Crippen LogP contribution in [0.5, 0.6) is 0 Å². The summed E-state index contributed by atoms with van der Waals surface area (Å²) >= 11 is 0. The number of aliphatic hydroxyl groups excluding tert-OH is 19. The van der Waals surface area contributed by atoms with Crippen LogP contribution in [0.2, 0.25) is 0 Å². The van der Waals surface area contributed by atoms with Crippen LogP contribution in [-0.4, -0.2) is 356 Å². The van der Waals surface area contributed by atoms with E-state index in [4.69, 9.17) is 67.3 Å². The lowest BCUT2D eigenvalue weighted by molar-refractivity contribution is -0.399. The van der Waals surface area contributed by atoms with E-state index in [0.717, 1.165) is 0 Å². The maximum atomic E-state index is 12.6. The van der Waals surface area contributed by atoms with E-state index in [9.17, 15) is 107 Å². The van der Waals surface area contributed by atoms with Crippen LogP contribution in [0.4, 0.5) is 0 Å². The molecule has 0 aromatic heterocycles. The zero-order valence-corrected chi connectivity index (χ0v) is 46.1. The Bertz CT molecular complexity index is 2040. The van der Waals surface area contributed by atoms with Crippen LogP contribution in [0.25, 0.3) is 0 Å². The maximum absolute atomic E-state index is 12.6. The molecule has 0 radical (unpaired) electrons. The molecule has 7 saturated heterocycles. The van der Waals surface area contributed by atoms with Gasteiger partial charge < -0.3 is 169 Å². The van der Waals surface area contributed by atoms with Gasteiger partial charge in [0.15, 0.2) is 31.5 Å². The Hall–Kier alpha value is -1.85. The molecule has 35 nitrogen and oxygen atoms in total. The zero-order valence-electron chi connectivity index (χ0n) is 46.1. The molecule has 0 aliphatic carbocycles. The number of carboxylic acid groups (broad SMARTS) is 1. The summed E-state index contributed by atoms with van der Waals surface area (Å²) in [6, 6.07) is -1.52. The van der Waals surface area contributed by atoms with Crippen molar-refractivity contribution in [2.75, 3.05) is 46.2 Å². The third-order valence-corrected chi connectivity index (χ3v) is 17.0. The monoisotopic (exact) mass is 1230 g/mol. The number of aliphatic carboxylic acids is 1. The van der Waals surface area contributed by atoms with Crippen LogP contribution in [0.15, 0.2) is 0 Å². The highest BCUT2D eigenvalue weighted by Crippen LogP contribution is 2.40. The molecule has 7 aliphatic rings. The van der Waals surface area contributed by atoms with E-state index < -0.39 is 278 Å². The molecule has 0 spiro atoms. The number of nitrogens with two attached hydrogens (primary N) is 1. The molecule has 15 unspecified atom stereocenters. The number of rotatable bonds is 22. The van der Waals surface area contributed by atoms with E-state index in [0.29, 0.717) is 0 Å². The average molecular weight is 1230 g/mol. The van der Waals surface area contributed by atoms with Gasteiger partial charge in [0.2, 0.25) is 0 Å². The second kappa shape index (κ2) is 29.4. The summed E-state index contributed by atoms with van der Waals surface area (Å²) in [5.41, 5.74) is 5.92. The average Bonchev–Trinajstić information content (AvgIpc) is 1.98.